The standard InChI is InChI=1S/C14H21N3O/c1-14(2,9-15-6-7-18)11-4-5-13-12(8-11)16-10-17(13)3/h4-5,8,10,15,18H,6-7,9H2,1-3H3. The van der Waals surface area contributed by atoms with E-state index in [1.807, 2.05) is 17.9 Å². The fourth-order valence-electron chi connectivity index (χ4n) is 2.14. The molecule has 0 radical (unpaired) electrons. The molecule has 1 heterocycles. The van der Waals surface area contributed by atoms with Crippen molar-refractivity contribution < 1.29 is 5.11 Å². The molecule has 18 heavy (non-hydrogen) atoms. The number of imidazole rings is 1. The van der Waals surface area contributed by atoms with Crippen molar-refractivity contribution in [3.8, 4) is 0 Å². The lowest BCUT2D eigenvalue weighted by Gasteiger charge is -2.25. The van der Waals surface area contributed by atoms with Crippen LogP contribution in [0.1, 0.15) is 19.4 Å². The summed E-state index contributed by atoms with van der Waals surface area (Å²) in [4.78, 5) is 4.39. The molecule has 0 saturated heterocycles. The Morgan fingerprint density at radius 1 is 1.39 bits per heavy atom. The van der Waals surface area contributed by atoms with E-state index in [0.29, 0.717) is 6.54 Å². The predicted molar refractivity (Wildman–Crippen MR) is 73.7 cm³/mol. The monoisotopic (exact) mass is 247 g/mol. The summed E-state index contributed by atoms with van der Waals surface area (Å²) in [6, 6.07) is 6.42. The minimum atomic E-state index is 0.0287. The molecule has 1 aromatic heterocycles. The van der Waals surface area contributed by atoms with Gasteiger partial charge in [0.1, 0.15) is 0 Å². The van der Waals surface area contributed by atoms with Crippen LogP contribution >= 0.6 is 0 Å². The van der Waals surface area contributed by atoms with Gasteiger partial charge < -0.3 is 15.0 Å². The van der Waals surface area contributed by atoms with Crippen LogP contribution in [0.2, 0.25) is 0 Å². The smallest absolute Gasteiger partial charge is 0.0955 e. The highest BCUT2D eigenvalue weighted by molar-refractivity contribution is 5.76. The van der Waals surface area contributed by atoms with Crippen LogP contribution in [0, 0.1) is 0 Å². The van der Waals surface area contributed by atoms with Gasteiger partial charge in [-0.05, 0) is 17.7 Å². The van der Waals surface area contributed by atoms with Crippen LogP contribution in [0.3, 0.4) is 0 Å². The molecule has 0 aliphatic rings. The molecule has 0 fully saturated rings. The van der Waals surface area contributed by atoms with Crippen LogP contribution in [0.25, 0.3) is 11.0 Å². The maximum atomic E-state index is 8.80. The molecule has 98 valence electrons. The fourth-order valence-corrected chi connectivity index (χ4v) is 2.14. The topological polar surface area (TPSA) is 50.1 Å². The second-order valence-electron chi connectivity index (χ2n) is 5.34. The number of aryl methyl sites for hydroxylation is 1. The van der Waals surface area contributed by atoms with Crippen molar-refractivity contribution in [1.82, 2.24) is 14.9 Å². The highest BCUT2D eigenvalue weighted by atomic mass is 16.3. The van der Waals surface area contributed by atoms with E-state index in [0.717, 1.165) is 17.6 Å². The van der Waals surface area contributed by atoms with Crippen LogP contribution in [0.5, 0.6) is 0 Å². The number of hydrogen-bond acceptors (Lipinski definition) is 3. The SMILES string of the molecule is Cn1cnc2cc(C(C)(C)CNCCO)ccc21. The molecule has 0 saturated carbocycles. The van der Waals surface area contributed by atoms with E-state index in [-0.39, 0.29) is 12.0 Å². The van der Waals surface area contributed by atoms with Gasteiger partial charge in [-0.2, -0.15) is 0 Å². The first-order valence-electron chi connectivity index (χ1n) is 6.28. The van der Waals surface area contributed by atoms with Gasteiger partial charge in [-0.25, -0.2) is 4.98 Å². The largest absolute Gasteiger partial charge is 0.395 e. The lowest BCUT2D eigenvalue weighted by atomic mass is 9.84. The zero-order valence-corrected chi connectivity index (χ0v) is 11.3. The first-order valence-corrected chi connectivity index (χ1v) is 6.28. The Kier molecular flexibility index (Phi) is 3.68. The molecule has 2 N–H and O–H groups in total. The minimum Gasteiger partial charge on any atom is -0.395 e. The number of hydrogen-bond donors (Lipinski definition) is 2. The van der Waals surface area contributed by atoms with Gasteiger partial charge in [-0.1, -0.05) is 19.9 Å². The summed E-state index contributed by atoms with van der Waals surface area (Å²) in [7, 11) is 2.00. The molecule has 0 atom stereocenters. The molecule has 0 spiro atoms. The van der Waals surface area contributed by atoms with Gasteiger partial charge in [-0.3, -0.25) is 0 Å². The first-order chi connectivity index (χ1) is 8.54. The van der Waals surface area contributed by atoms with Crippen molar-refractivity contribution in [3.63, 3.8) is 0 Å². The second kappa shape index (κ2) is 5.08. The summed E-state index contributed by atoms with van der Waals surface area (Å²) in [6.07, 6.45) is 1.84. The summed E-state index contributed by atoms with van der Waals surface area (Å²) < 4.78 is 2.02. The number of benzene rings is 1. The number of aliphatic hydroxyl groups is 1. The van der Waals surface area contributed by atoms with Crippen molar-refractivity contribution in [1.29, 1.82) is 0 Å². The van der Waals surface area contributed by atoms with E-state index < -0.39 is 0 Å². The third-order valence-corrected chi connectivity index (χ3v) is 3.36. The number of rotatable bonds is 5. The second-order valence-corrected chi connectivity index (χ2v) is 5.34. The van der Waals surface area contributed by atoms with E-state index in [4.69, 9.17) is 5.11 Å². The number of aliphatic hydroxyl groups excluding tert-OH is 1. The summed E-state index contributed by atoms with van der Waals surface area (Å²) in [5, 5.41) is 12.1. The minimum absolute atomic E-state index is 0.0287. The normalized spacial score (nSPS) is 12.2. The predicted octanol–water partition coefficient (Wildman–Crippen LogP) is 1.43. The molecular formula is C14H21N3O. The summed E-state index contributed by atoms with van der Waals surface area (Å²) in [6.45, 7) is 6.04. The number of nitrogens with zero attached hydrogens (tertiary/aromatic N) is 2. The zero-order chi connectivity index (χ0) is 13.2. The molecule has 4 heteroatoms. The molecule has 0 amide bonds. The lowest BCUT2D eigenvalue weighted by Crippen LogP contribution is -2.34. The Bertz CT molecular complexity index is 531. The maximum absolute atomic E-state index is 8.80. The third-order valence-electron chi connectivity index (χ3n) is 3.36. The Morgan fingerprint density at radius 2 is 2.17 bits per heavy atom. The molecule has 2 aromatic rings. The van der Waals surface area contributed by atoms with Crippen molar-refractivity contribution in [2.24, 2.45) is 7.05 Å². The number of aromatic nitrogens is 2. The molecule has 0 unspecified atom stereocenters. The zero-order valence-electron chi connectivity index (χ0n) is 11.3. The maximum Gasteiger partial charge on any atom is 0.0955 e. The van der Waals surface area contributed by atoms with Crippen LogP contribution in [-0.2, 0) is 12.5 Å². The van der Waals surface area contributed by atoms with Crippen LogP contribution in [-0.4, -0.2) is 34.4 Å². The van der Waals surface area contributed by atoms with Crippen LogP contribution in [0.4, 0.5) is 0 Å². The van der Waals surface area contributed by atoms with Gasteiger partial charge in [0.15, 0.2) is 0 Å². The average molecular weight is 247 g/mol. The first kappa shape index (κ1) is 13.1. The number of fused-ring (bicyclic) bond motifs is 1. The van der Waals surface area contributed by atoms with Gasteiger partial charge in [-0.15, -0.1) is 0 Å². The Balaban J connectivity index is 2.23. The summed E-state index contributed by atoms with van der Waals surface area (Å²) >= 11 is 0. The highest BCUT2D eigenvalue weighted by Crippen LogP contribution is 2.25. The van der Waals surface area contributed by atoms with E-state index in [2.05, 4.69) is 42.3 Å². The van der Waals surface area contributed by atoms with Crippen molar-refractivity contribution in [2.75, 3.05) is 19.7 Å². The average Bonchev–Trinajstić information content (AvgIpc) is 2.71. The molecule has 2 rings (SSSR count). The molecule has 0 bridgehead atoms. The van der Waals surface area contributed by atoms with Gasteiger partial charge in [0.25, 0.3) is 0 Å². The summed E-state index contributed by atoms with van der Waals surface area (Å²) in [5.41, 5.74) is 3.48. The van der Waals surface area contributed by atoms with Crippen molar-refractivity contribution in [2.45, 2.75) is 19.3 Å². The van der Waals surface area contributed by atoms with Crippen molar-refractivity contribution >= 4 is 11.0 Å². The van der Waals surface area contributed by atoms with Gasteiger partial charge in [0.2, 0.25) is 0 Å². The molecule has 1 aromatic carbocycles. The molecule has 0 aliphatic heterocycles. The van der Waals surface area contributed by atoms with Gasteiger partial charge in [0, 0.05) is 25.6 Å². The molecule has 0 aliphatic carbocycles. The van der Waals surface area contributed by atoms with Crippen LogP contribution in [0.15, 0.2) is 24.5 Å². The Labute approximate surface area is 108 Å². The van der Waals surface area contributed by atoms with E-state index >= 15 is 0 Å². The molecule has 4 nitrogen and oxygen atoms in total. The van der Waals surface area contributed by atoms with E-state index in [1.54, 1.807) is 0 Å². The summed E-state index contributed by atoms with van der Waals surface area (Å²) in [5.74, 6) is 0. The third kappa shape index (κ3) is 2.54. The van der Waals surface area contributed by atoms with Gasteiger partial charge in [0.05, 0.1) is 24.0 Å². The van der Waals surface area contributed by atoms with Crippen molar-refractivity contribution in [3.05, 3.63) is 30.1 Å². The van der Waals surface area contributed by atoms with E-state index in [1.165, 1.54) is 5.56 Å². The van der Waals surface area contributed by atoms with Crippen LogP contribution < -0.4 is 5.32 Å². The Morgan fingerprint density at radius 3 is 2.89 bits per heavy atom. The molecular weight excluding hydrogens is 226 g/mol. The fraction of sp³-hybridized carbons (Fsp3) is 0.500. The van der Waals surface area contributed by atoms with E-state index in [9.17, 15) is 0 Å². The quantitative estimate of drug-likeness (QED) is 0.786. The number of nitrogens with one attached hydrogen (secondary N) is 1. The van der Waals surface area contributed by atoms with Gasteiger partial charge >= 0.3 is 0 Å². The lowest BCUT2D eigenvalue weighted by molar-refractivity contribution is 0.286. The highest BCUT2D eigenvalue weighted by Gasteiger charge is 2.20. The Hall–Kier alpha value is -1.39.